The SMILES string of the molecule is Cc1cccc(-n2c(SC(C)C(=O)N3CCCC3)nnc2-c2c[nH]c3ccccc23)c1. The molecule has 0 spiro atoms. The molecule has 1 unspecified atom stereocenters. The highest BCUT2D eigenvalue weighted by Crippen LogP contribution is 2.34. The normalized spacial score (nSPS) is 15.0. The maximum absolute atomic E-state index is 12.9. The summed E-state index contributed by atoms with van der Waals surface area (Å²) in [5, 5.41) is 10.7. The van der Waals surface area contributed by atoms with Crippen molar-refractivity contribution >= 4 is 28.6 Å². The van der Waals surface area contributed by atoms with Crippen LogP contribution in [0.25, 0.3) is 28.0 Å². The number of hydrogen-bond donors (Lipinski definition) is 1. The number of H-pyrrole nitrogens is 1. The van der Waals surface area contributed by atoms with E-state index >= 15 is 0 Å². The van der Waals surface area contributed by atoms with Gasteiger partial charge in [-0.1, -0.05) is 42.1 Å². The van der Waals surface area contributed by atoms with Crippen molar-refractivity contribution in [1.29, 1.82) is 0 Å². The minimum Gasteiger partial charge on any atom is -0.360 e. The smallest absolute Gasteiger partial charge is 0.235 e. The third-order valence-corrected chi connectivity index (χ3v) is 6.80. The molecular formula is C24H25N5OS. The molecule has 31 heavy (non-hydrogen) atoms. The molecule has 6 nitrogen and oxygen atoms in total. The summed E-state index contributed by atoms with van der Waals surface area (Å²) in [6, 6.07) is 16.5. The van der Waals surface area contributed by atoms with Crippen LogP contribution < -0.4 is 0 Å². The van der Waals surface area contributed by atoms with E-state index < -0.39 is 0 Å². The van der Waals surface area contributed by atoms with Gasteiger partial charge in [0, 0.05) is 41.4 Å². The van der Waals surface area contributed by atoms with E-state index in [9.17, 15) is 4.79 Å². The zero-order chi connectivity index (χ0) is 21.4. The lowest BCUT2D eigenvalue weighted by molar-refractivity contribution is -0.129. The lowest BCUT2D eigenvalue weighted by atomic mass is 10.1. The monoisotopic (exact) mass is 431 g/mol. The van der Waals surface area contributed by atoms with Crippen LogP contribution in [-0.4, -0.2) is 48.9 Å². The number of hydrogen-bond acceptors (Lipinski definition) is 4. The summed E-state index contributed by atoms with van der Waals surface area (Å²) in [6.07, 6.45) is 4.16. The number of aromatic amines is 1. The van der Waals surface area contributed by atoms with E-state index in [0.717, 1.165) is 64.6 Å². The predicted molar refractivity (Wildman–Crippen MR) is 125 cm³/mol. The summed E-state index contributed by atoms with van der Waals surface area (Å²) in [4.78, 5) is 18.2. The number of nitrogens with one attached hydrogen (secondary N) is 1. The summed E-state index contributed by atoms with van der Waals surface area (Å²) >= 11 is 1.48. The quantitative estimate of drug-likeness (QED) is 0.460. The second kappa shape index (κ2) is 8.23. The molecule has 1 aliphatic heterocycles. The van der Waals surface area contributed by atoms with Crippen molar-refractivity contribution in [1.82, 2.24) is 24.6 Å². The fourth-order valence-corrected chi connectivity index (χ4v) is 5.13. The number of para-hydroxylation sites is 1. The second-order valence-corrected chi connectivity index (χ2v) is 9.33. The Hall–Kier alpha value is -3.06. The lowest BCUT2D eigenvalue weighted by Gasteiger charge is -2.20. The number of carbonyl (C=O) groups excluding carboxylic acids is 1. The molecule has 1 amide bonds. The van der Waals surface area contributed by atoms with E-state index in [4.69, 9.17) is 0 Å². The number of likely N-dealkylation sites (tertiary alicyclic amines) is 1. The van der Waals surface area contributed by atoms with Crippen molar-refractivity contribution in [2.45, 2.75) is 37.1 Å². The van der Waals surface area contributed by atoms with Gasteiger partial charge in [-0.25, -0.2) is 0 Å². The molecule has 1 atom stereocenters. The number of amides is 1. The highest BCUT2D eigenvalue weighted by atomic mass is 32.2. The van der Waals surface area contributed by atoms with Crippen molar-refractivity contribution in [3.63, 3.8) is 0 Å². The van der Waals surface area contributed by atoms with Crippen LogP contribution in [0.15, 0.2) is 59.9 Å². The van der Waals surface area contributed by atoms with Gasteiger partial charge in [0.1, 0.15) is 0 Å². The molecule has 0 radical (unpaired) electrons. The molecule has 158 valence electrons. The fourth-order valence-electron chi connectivity index (χ4n) is 4.18. The van der Waals surface area contributed by atoms with Gasteiger partial charge < -0.3 is 9.88 Å². The minimum atomic E-state index is -0.221. The summed E-state index contributed by atoms with van der Waals surface area (Å²) < 4.78 is 2.07. The molecule has 0 aliphatic carbocycles. The molecule has 3 heterocycles. The van der Waals surface area contributed by atoms with E-state index in [2.05, 4.69) is 57.0 Å². The molecular weight excluding hydrogens is 406 g/mol. The van der Waals surface area contributed by atoms with E-state index in [1.807, 2.05) is 36.2 Å². The maximum atomic E-state index is 12.9. The second-order valence-electron chi connectivity index (χ2n) is 8.02. The average Bonchev–Trinajstić information content (AvgIpc) is 3.52. The van der Waals surface area contributed by atoms with Crippen LogP contribution in [0.5, 0.6) is 0 Å². The third kappa shape index (κ3) is 3.74. The maximum Gasteiger partial charge on any atom is 0.235 e. The molecule has 2 aromatic heterocycles. The fraction of sp³-hybridized carbons (Fsp3) is 0.292. The van der Waals surface area contributed by atoms with Crippen LogP contribution in [0.2, 0.25) is 0 Å². The Morgan fingerprint density at radius 3 is 2.71 bits per heavy atom. The lowest BCUT2D eigenvalue weighted by Crippen LogP contribution is -2.34. The number of aryl methyl sites for hydroxylation is 1. The van der Waals surface area contributed by atoms with Crippen LogP contribution in [0, 0.1) is 6.92 Å². The zero-order valence-electron chi connectivity index (χ0n) is 17.7. The van der Waals surface area contributed by atoms with Crippen LogP contribution >= 0.6 is 11.8 Å². The van der Waals surface area contributed by atoms with Gasteiger partial charge in [-0.15, -0.1) is 10.2 Å². The number of fused-ring (bicyclic) bond motifs is 1. The number of benzene rings is 2. The standard InChI is InChI=1S/C24H25N5OS/c1-16-8-7-9-18(14-16)29-22(20-15-25-21-11-4-3-10-19(20)21)26-27-24(29)31-17(2)23(30)28-12-5-6-13-28/h3-4,7-11,14-15,17,25H,5-6,12-13H2,1-2H3. The number of thioether (sulfide) groups is 1. The van der Waals surface area contributed by atoms with Crippen molar-refractivity contribution in [3.05, 3.63) is 60.3 Å². The minimum absolute atomic E-state index is 0.176. The van der Waals surface area contributed by atoms with Crippen LogP contribution in [-0.2, 0) is 4.79 Å². The summed E-state index contributed by atoms with van der Waals surface area (Å²) in [5.74, 6) is 0.946. The average molecular weight is 432 g/mol. The Morgan fingerprint density at radius 2 is 1.90 bits per heavy atom. The van der Waals surface area contributed by atoms with Crippen molar-refractivity contribution < 1.29 is 4.79 Å². The van der Waals surface area contributed by atoms with Gasteiger partial charge in [-0.05, 0) is 50.5 Å². The molecule has 0 saturated carbocycles. The molecule has 1 fully saturated rings. The van der Waals surface area contributed by atoms with E-state index in [1.54, 1.807) is 0 Å². The number of carbonyl (C=O) groups is 1. The Labute approximate surface area is 185 Å². The van der Waals surface area contributed by atoms with E-state index in [-0.39, 0.29) is 11.2 Å². The molecule has 1 aliphatic rings. The first-order valence-corrected chi connectivity index (χ1v) is 11.5. The Bertz CT molecular complexity index is 1240. The zero-order valence-corrected chi connectivity index (χ0v) is 18.5. The molecule has 5 rings (SSSR count). The molecule has 2 aromatic carbocycles. The van der Waals surface area contributed by atoms with Crippen molar-refractivity contribution in [2.24, 2.45) is 0 Å². The Kier molecular flexibility index (Phi) is 5.28. The van der Waals surface area contributed by atoms with Gasteiger partial charge >= 0.3 is 0 Å². The topological polar surface area (TPSA) is 66.8 Å². The van der Waals surface area contributed by atoms with Gasteiger partial charge in [0.15, 0.2) is 11.0 Å². The summed E-state index contributed by atoms with van der Waals surface area (Å²) in [7, 11) is 0. The van der Waals surface area contributed by atoms with Crippen LogP contribution in [0.4, 0.5) is 0 Å². The predicted octanol–water partition coefficient (Wildman–Crippen LogP) is 4.83. The first kappa shape index (κ1) is 19.9. The van der Waals surface area contributed by atoms with E-state index in [1.165, 1.54) is 11.8 Å². The molecule has 1 saturated heterocycles. The molecule has 1 N–H and O–H groups in total. The molecule has 4 aromatic rings. The summed E-state index contributed by atoms with van der Waals surface area (Å²) in [6.45, 7) is 5.75. The molecule has 7 heteroatoms. The first-order valence-electron chi connectivity index (χ1n) is 10.7. The molecule has 0 bridgehead atoms. The van der Waals surface area contributed by atoms with Gasteiger partial charge in [0.05, 0.1) is 5.25 Å². The van der Waals surface area contributed by atoms with Gasteiger partial charge in [-0.2, -0.15) is 0 Å². The third-order valence-electron chi connectivity index (χ3n) is 5.77. The number of rotatable bonds is 5. The van der Waals surface area contributed by atoms with Crippen LogP contribution in [0.3, 0.4) is 0 Å². The van der Waals surface area contributed by atoms with Crippen molar-refractivity contribution in [2.75, 3.05) is 13.1 Å². The largest absolute Gasteiger partial charge is 0.360 e. The summed E-state index contributed by atoms with van der Waals surface area (Å²) in [5.41, 5.74) is 4.21. The van der Waals surface area contributed by atoms with E-state index in [0.29, 0.717) is 0 Å². The highest BCUT2D eigenvalue weighted by molar-refractivity contribution is 8.00. The van der Waals surface area contributed by atoms with Gasteiger partial charge in [0.2, 0.25) is 5.91 Å². The highest BCUT2D eigenvalue weighted by Gasteiger charge is 2.27. The van der Waals surface area contributed by atoms with Gasteiger partial charge in [0.25, 0.3) is 0 Å². The number of nitrogens with zero attached hydrogens (tertiary/aromatic N) is 4. The number of aromatic nitrogens is 4. The Balaban J connectivity index is 1.58. The van der Waals surface area contributed by atoms with Crippen LogP contribution in [0.1, 0.15) is 25.3 Å². The Morgan fingerprint density at radius 1 is 1.10 bits per heavy atom. The first-order chi connectivity index (χ1) is 15.1. The van der Waals surface area contributed by atoms with Gasteiger partial charge in [-0.3, -0.25) is 9.36 Å². The van der Waals surface area contributed by atoms with Crippen molar-refractivity contribution in [3.8, 4) is 17.1 Å².